The third-order valence-corrected chi connectivity index (χ3v) is 3.62. The van der Waals surface area contributed by atoms with Gasteiger partial charge in [0.05, 0.1) is 12.0 Å². The van der Waals surface area contributed by atoms with Crippen LogP contribution in [0.2, 0.25) is 0 Å². The van der Waals surface area contributed by atoms with Gasteiger partial charge in [0.1, 0.15) is 5.75 Å². The fourth-order valence-corrected chi connectivity index (χ4v) is 2.40. The molecule has 1 heterocycles. The first-order valence-corrected chi connectivity index (χ1v) is 6.47. The van der Waals surface area contributed by atoms with Gasteiger partial charge in [-0.15, -0.1) is 11.8 Å². The predicted molar refractivity (Wildman–Crippen MR) is 72.0 cm³/mol. The Morgan fingerprint density at radius 1 is 1.28 bits per heavy atom. The summed E-state index contributed by atoms with van der Waals surface area (Å²) in [4.78, 5) is 12.5. The maximum absolute atomic E-state index is 11.8. The fraction of sp³-hybridized carbons (Fsp3) is 0.231. The standard InChI is InChI=1S/C13H14N2O2S/c1-15-13(16)12(7-8-14-15)18-9-10-3-5-11(17-2)6-4-10/h3-8H,9H2,1-2H3. The lowest BCUT2D eigenvalue weighted by atomic mass is 10.2. The number of thioether (sulfide) groups is 1. The first kappa shape index (κ1) is 12.7. The summed E-state index contributed by atoms with van der Waals surface area (Å²) in [6.45, 7) is 0. The molecule has 2 rings (SSSR count). The zero-order valence-corrected chi connectivity index (χ0v) is 11.1. The maximum atomic E-state index is 11.8. The SMILES string of the molecule is COc1ccc(CSc2ccnn(C)c2=O)cc1. The molecule has 0 saturated heterocycles. The highest BCUT2D eigenvalue weighted by molar-refractivity contribution is 7.98. The molecule has 0 unspecified atom stereocenters. The molecule has 4 nitrogen and oxygen atoms in total. The molecule has 0 aliphatic rings. The molecule has 0 aliphatic heterocycles. The van der Waals surface area contributed by atoms with E-state index in [1.54, 1.807) is 26.4 Å². The molecule has 1 aromatic carbocycles. The van der Waals surface area contributed by atoms with E-state index in [1.165, 1.54) is 16.4 Å². The Kier molecular flexibility index (Phi) is 4.04. The second-order valence-electron chi connectivity index (χ2n) is 3.76. The van der Waals surface area contributed by atoms with Gasteiger partial charge in [-0.25, -0.2) is 4.68 Å². The third-order valence-electron chi connectivity index (χ3n) is 2.52. The Morgan fingerprint density at radius 3 is 2.67 bits per heavy atom. The molecular formula is C13H14N2O2S. The molecule has 0 amide bonds. The number of ether oxygens (including phenoxy) is 1. The normalized spacial score (nSPS) is 10.3. The number of methoxy groups -OCH3 is 1. The largest absolute Gasteiger partial charge is 0.497 e. The van der Waals surface area contributed by atoms with E-state index in [-0.39, 0.29) is 5.56 Å². The van der Waals surface area contributed by atoms with Crippen molar-refractivity contribution in [2.45, 2.75) is 10.6 Å². The topological polar surface area (TPSA) is 44.1 Å². The molecule has 0 spiro atoms. The van der Waals surface area contributed by atoms with Crippen molar-refractivity contribution in [3.05, 3.63) is 52.4 Å². The minimum absolute atomic E-state index is 0.0592. The van der Waals surface area contributed by atoms with Gasteiger partial charge in [-0.2, -0.15) is 5.10 Å². The van der Waals surface area contributed by atoms with Crippen LogP contribution in [0.25, 0.3) is 0 Å². The van der Waals surface area contributed by atoms with Crippen LogP contribution < -0.4 is 10.3 Å². The van der Waals surface area contributed by atoms with Gasteiger partial charge in [0.25, 0.3) is 5.56 Å². The van der Waals surface area contributed by atoms with E-state index < -0.39 is 0 Å². The van der Waals surface area contributed by atoms with Crippen LogP contribution in [-0.4, -0.2) is 16.9 Å². The summed E-state index contributed by atoms with van der Waals surface area (Å²) >= 11 is 1.51. The number of aryl methyl sites for hydroxylation is 1. The quantitative estimate of drug-likeness (QED) is 0.791. The van der Waals surface area contributed by atoms with Crippen LogP contribution in [0.4, 0.5) is 0 Å². The van der Waals surface area contributed by atoms with Gasteiger partial charge in [-0.05, 0) is 23.8 Å². The van der Waals surface area contributed by atoms with E-state index in [4.69, 9.17) is 4.74 Å². The fourth-order valence-electron chi connectivity index (χ4n) is 1.48. The summed E-state index contributed by atoms with van der Waals surface area (Å²) in [7, 11) is 3.30. The first-order valence-electron chi connectivity index (χ1n) is 5.49. The monoisotopic (exact) mass is 262 g/mol. The van der Waals surface area contributed by atoms with Gasteiger partial charge in [0.2, 0.25) is 0 Å². The molecule has 2 aromatic rings. The van der Waals surface area contributed by atoms with E-state index in [0.29, 0.717) is 4.90 Å². The lowest BCUT2D eigenvalue weighted by Crippen LogP contribution is -2.20. The van der Waals surface area contributed by atoms with Crippen LogP contribution in [0.1, 0.15) is 5.56 Å². The lowest BCUT2D eigenvalue weighted by molar-refractivity contribution is 0.414. The number of hydrogen-bond donors (Lipinski definition) is 0. The van der Waals surface area contributed by atoms with Crippen molar-refractivity contribution in [2.24, 2.45) is 7.05 Å². The summed E-state index contributed by atoms with van der Waals surface area (Å²) in [5, 5.41) is 3.89. The molecule has 0 atom stereocenters. The molecule has 0 aliphatic carbocycles. The highest BCUT2D eigenvalue weighted by Crippen LogP contribution is 2.20. The van der Waals surface area contributed by atoms with Gasteiger partial charge < -0.3 is 4.74 Å². The summed E-state index contributed by atoms with van der Waals surface area (Å²) < 4.78 is 6.44. The van der Waals surface area contributed by atoms with Crippen LogP contribution in [0.3, 0.4) is 0 Å². The van der Waals surface area contributed by atoms with Crippen molar-refractivity contribution in [3.8, 4) is 5.75 Å². The average Bonchev–Trinajstić information content (AvgIpc) is 2.41. The first-order chi connectivity index (χ1) is 8.70. The zero-order valence-electron chi connectivity index (χ0n) is 10.3. The Hall–Kier alpha value is -1.75. The molecule has 1 aromatic heterocycles. The second kappa shape index (κ2) is 5.73. The highest BCUT2D eigenvalue weighted by Gasteiger charge is 2.03. The van der Waals surface area contributed by atoms with Crippen LogP contribution >= 0.6 is 11.8 Å². The van der Waals surface area contributed by atoms with E-state index in [0.717, 1.165) is 17.1 Å². The van der Waals surface area contributed by atoms with Crippen molar-refractivity contribution in [1.82, 2.24) is 9.78 Å². The molecule has 5 heteroatoms. The Morgan fingerprint density at radius 2 is 2.00 bits per heavy atom. The minimum atomic E-state index is -0.0592. The average molecular weight is 262 g/mol. The van der Waals surface area contributed by atoms with Crippen molar-refractivity contribution in [1.29, 1.82) is 0 Å². The van der Waals surface area contributed by atoms with Crippen LogP contribution in [-0.2, 0) is 12.8 Å². The van der Waals surface area contributed by atoms with Crippen LogP contribution in [0.15, 0.2) is 46.2 Å². The zero-order chi connectivity index (χ0) is 13.0. The number of benzene rings is 1. The molecule has 0 fully saturated rings. The Balaban J connectivity index is 2.07. The molecule has 0 bridgehead atoms. The molecule has 18 heavy (non-hydrogen) atoms. The second-order valence-corrected chi connectivity index (χ2v) is 4.78. The maximum Gasteiger partial charge on any atom is 0.280 e. The van der Waals surface area contributed by atoms with Crippen molar-refractivity contribution < 1.29 is 4.74 Å². The Bertz CT molecular complexity index is 578. The van der Waals surface area contributed by atoms with E-state index in [1.807, 2.05) is 24.3 Å². The minimum Gasteiger partial charge on any atom is -0.497 e. The summed E-state index contributed by atoms with van der Waals surface area (Å²) in [6.07, 6.45) is 1.64. The predicted octanol–water partition coefficient (Wildman–Crippen LogP) is 2.08. The van der Waals surface area contributed by atoms with Gasteiger partial charge in [-0.1, -0.05) is 12.1 Å². The third kappa shape index (κ3) is 2.92. The van der Waals surface area contributed by atoms with Crippen LogP contribution in [0, 0.1) is 0 Å². The van der Waals surface area contributed by atoms with Gasteiger partial charge in [-0.3, -0.25) is 4.79 Å². The van der Waals surface area contributed by atoms with Gasteiger partial charge in [0, 0.05) is 19.0 Å². The molecule has 94 valence electrons. The van der Waals surface area contributed by atoms with E-state index in [2.05, 4.69) is 5.10 Å². The molecule has 0 N–H and O–H groups in total. The number of nitrogens with zero attached hydrogens (tertiary/aromatic N) is 2. The lowest BCUT2D eigenvalue weighted by Gasteiger charge is -2.04. The highest BCUT2D eigenvalue weighted by atomic mass is 32.2. The van der Waals surface area contributed by atoms with Crippen molar-refractivity contribution in [3.63, 3.8) is 0 Å². The smallest absolute Gasteiger partial charge is 0.280 e. The van der Waals surface area contributed by atoms with Crippen molar-refractivity contribution >= 4 is 11.8 Å². The molecule has 0 radical (unpaired) electrons. The van der Waals surface area contributed by atoms with Gasteiger partial charge >= 0.3 is 0 Å². The molecular weight excluding hydrogens is 248 g/mol. The van der Waals surface area contributed by atoms with Gasteiger partial charge in [0.15, 0.2) is 0 Å². The number of hydrogen-bond acceptors (Lipinski definition) is 4. The number of aromatic nitrogens is 2. The Labute approximate surface area is 110 Å². The van der Waals surface area contributed by atoms with Crippen LogP contribution in [0.5, 0.6) is 5.75 Å². The van der Waals surface area contributed by atoms with E-state index >= 15 is 0 Å². The molecule has 0 saturated carbocycles. The summed E-state index contributed by atoms with van der Waals surface area (Å²) in [5.74, 6) is 1.59. The van der Waals surface area contributed by atoms with Crippen molar-refractivity contribution in [2.75, 3.05) is 7.11 Å². The summed E-state index contributed by atoms with van der Waals surface area (Å²) in [5.41, 5.74) is 1.09. The summed E-state index contributed by atoms with van der Waals surface area (Å²) in [6, 6.07) is 9.58. The van der Waals surface area contributed by atoms with E-state index in [9.17, 15) is 4.79 Å². The number of rotatable bonds is 4.